The highest BCUT2D eigenvalue weighted by Crippen LogP contribution is 2.13. The van der Waals surface area contributed by atoms with E-state index >= 15 is 0 Å². The lowest BCUT2D eigenvalue weighted by Gasteiger charge is -2.04. The normalized spacial score (nSPS) is 10.8. The molecule has 3 rings (SSSR count). The molecule has 1 N–H and O–H groups in total. The first-order valence-electron chi connectivity index (χ1n) is 4.85. The zero-order chi connectivity index (χ0) is 10.8. The van der Waals surface area contributed by atoms with Gasteiger partial charge in [0.1, 0.15) is 5.52 Å². The number of nitrogens with zero attached hydrogens (tertiary/aromatic N) is 4. The fraction of sp³-hybridized carbons (Fsp3) is 0.100. The molecule has 3 aromatic rings. The molecule has 0 amide bonds. The van der Waals surface area contributed by atoms with Crippen molar-refractivity contribution in [3.8, 4) is 0 Å². The highest BCUT2D eigenvalue weighted by molar-refractivity contribution is 5.66. The minimum absolute atomic E-state index is 0.553. The van der Waals surface area contributed by atoms with E-state index in [4.69, 9.17) is 4.52 Å². The van der Waals surface area contributed by atoms with Crippen LogP contribution in [0, 0.1) is 0 Å². The van der Waals surface area contributed by atoms with Gasteiger partial charge in [-0.1, -0.05) is 5.16 Å². The zero-order valence-corrected chi connectivity index (χ0v) is 8.37. The van der Waals surface area contributed by atoms with Gasteiger partial charge in [-0.15, -0.1) is 0 Å². The fourth-order valence-electron chi connectivity index (χ4n) is 1.50. The number of nitrogens with one attached hydrogen (secondary N) is 1. The molecule has 6 nitrogen and oxygen atoms in total. The predicted octanol–water partition coefficient (Wildman–Crippen LogP) is 1.33. The molecule has 3 heterocycles. The van der Waals surface area contributed by atoms with E-state index in [-0.39, 0.29) is 0 Å². The van der Waals surface area contributed by atoms with Crippen molar-refractivity contribution in [1.82, 2.24) is 19.8 Å². The van der Waals surface area contributed by atoms with Gasteiger partial charge in [-0.3, -0.25) is 0 Å². The molecule has 80 valence electrons. The van der Waals surface area contributed by atoms with Crippen LogP contribution < -0.4 is 5.32 Å². The maximum Gasteiger partial charge on any atom is 0.155 e. The summed E-state index contributed by atoms with van der Waals surface area (Å²) >= 11 is 0. The minimum atomic E-state index is 0.553. The monoisotopic (exact) mass is 215 g/mol. The van der Waals surface area contributed by atoms with Gasteiger partial charge < -0.3 is 9.84 Å². The smallest absolute Gasteiger partial charge is 0.155 e. The van der Waals surface area contributed by atoms with Gasteiger partial charge in [0.25, 0.3) is 0 Å². The van der Waals surface area contributed by atoms with Crippen LogP contribution in [0.4, 0.5) is 5.82 Å². The number of rotatable bonds is 3. The van der Waals surface area contributed by atoms with Crippen LogP contribution in [-0.2, 0) is 6.54 Å². The van der Waals surface area contributed by atoms with E-state index in [1.54, 1.807) is 29.3 Å². The van der Waals surface area contributed by atoms with Crippen molar-refractivity contribution in [1.29, 1.82) is 0 Å². The van der Waals surface area contributed by atoms with E-state index < -0.39 is 0 Å². The molecule has 0 saturated carbocycles. The molecule has 0 fully saturated rings. The molecule has 0 aliphatic carbocycles. The summed E-state index contributed by atoms with van der Waals surface area (Å²) in [6, 6.07) is 3.71. The Balaban J connectivity index is 1.86. The van der Waals surface area contributed by atoms with Gasteiger partial charge >= 0.3 is 0 Å². The Morgan fingerprint density at radius 1 is 1.25 bits per heavy atom. The van der Waals surface area contributed by atoms with Crippen molar-refractivity contribution in [2.75, 3.05) is 5.32 Å². The van der Waals surface area contributed by atoms with E-state index in [9.17, 15) is 0 Å². The summed E-state index contributed by atoms with van der Waals surface area (Å²) in [4.78, 5) is 4.24. The number of hydrogen-bond acceptors (Lipinski definition) is 5. The first kappa shape index (κ1) is 8.90. The third kappa shape index (κ3) is 1.50. The van der Waals surface area contributed by atoms with Crippen molar-refractivity contribution in [3.05, 3.63) is 42.7 Å². The molecule has 3 aromatic heterocycles. The second-order valence-corrected chi connectivity index (χ2v) is 3.27. The molecular weight excluding hydrogens is 206 g/mol. The Labute approximate surface area is 90.9 Å². The third-order valence-corrected chi connectivity index (χ3v) is 2.25. The van der Waals surface area contributed by atoms with Gasteiger partial charge in [-0.2, -0.15) is 5.10 Å². The first-order valence-corrected chi connectivity index (χ1v) is 4.85. The lowest BCUT2D eigenvalue weighted by atomic mass is 10.4. The highest BCUT2D eigenvalue weighted by atomic mass is 16.5. The van der Waals surface area contributed by atoms with Gasteiger partial charge in [0.05, 0.1) is 18.9 Å². The topological polar surface area (TPSA) is 68.2 Å². The van der Waals surface area contributed by atoms with Gasteiger partial charge in [-0.25, -0.2) is 9.50 Å². The van der Waals surface area contributed by atoms with Crippen LogP contribution in [0.25, 0.3) is 5.52 Å². The predicted molar refractivity (Wildman–Crippen MR) is 56.8 cm³/mol. The molecule has 16 heavy (non-hydrogen) atoms. The largest absolute Gasteiger partial charge is 0.361 e. The highest BCUT2D eigenvalue weighted by Gasteiger charge is 2.03. The molecule has 0 atom stereocenters. The van der Waals surface area contributed by atoms with E-state index in [1.165, 1.54) is 0 Å². The molecule has 0 spiro atoms. The van der Waals surface area contributed by atoms with Gasteiger partial charge in [0.2, 0.25) is 0 Å². The second-order valence-electron chi connectivity index (χ2n) is 3.27. The van der Waals surface area contributed by atoms with Crippen molar-refractivity contribution in [2.45, 2.75) is 6.54 Å². The average Bonchev–Trinajstić information content (AvgIpc) is 2.97. The second kappa shape index (κ2) is 3.65. The van der Waals surface area contributed by atoms with Gasteiger partial charge in [0.15, 0.2) is 11.6 Å². The maximum absolute atomic E-state index is 4.99. The molecule has 0 bridgehead atoms. The number of anilines is 1. The Hall–Kier alpha value is -2.37. The average molecular weight is 215 g/mol. The van der Waals surface area contributed by atoms with Gasteiger partial charge in [0, 0.05) is 18.5 Å². The lowest BCUT2D eigenvalue weighted by Crippen LogP contribution is -2.02. The first-order chi connectivity index (χ1) is 7.93. The summed E-state index contributed by atoms with van der Waals surface area (Å²) in [5, 5.41) is 10.9. The molecular formula is C10H9N5O. The van der Waals surface area contributed by atoms with Crippen molar-refractivity contribution in [3.63, 3.8) is 0 Å². The quantitative estimate of drug-likeness (QED) is 0.713. The summed E-state index contributed by atoms with van der Waals surface area (Å²) < 4.78 is 6.75. The van der Waals surface area contributed by atoms with Crippen LogP contribution in [0.3, 0.4) is 0 Å². The van der Waals surface area contributed by atoms with Crippen LogP contribution in [0.2, 0.25) is 0 Å². The van der Waals surface area contributed by atoms with Crippen LogP contribution in [0.15, 0.2) is 41.4 Å². The van der Waals surface area contributed by atoms with E-state index in [0.717, 1.165) is 17.1 Å². The van der Waals surface area contributed by atoms with Crippen molar-refractivity contribution in [2.24, 2.45) is 0 Å². The van der Waals surface area contributed by atoms with E-state index in [1.807, 2.05) is 12.1 Å². The van der Waals surface area contributed by atoms with Crippen LogP contribution in [0.5, 0.6) is 0 Å². The van der Waals surface area contributed by atoms with E-state index in [2.05, 4.69) is 20.6 Å². The van der Waals surface area contributed by atoms with E-state index in [0.29, 0.717) is 6.54 Å². The fourth-order valence-corrected chi connectivity index (χ4v) is 1.50. The van der Waals surface area contributed by atoms with Gasteiger partial charge in [-0.05, 0) is 6.07 Å². The van der Waals surface area contributed by atoms with Crippen LogP contribution in [0.1, 0.15) is 5.76 Å². The maximum atomic E-state index is 4.99. The third-order valence-electron chi connectivity index (χ3n) is 2.25. The molecule has 0 aliphatic heterocycles. The molecule has 0 saturated heterocycles. The molecule has 0 aliphatic rings. The summed E-state index contributed by atoms with van der Waals surface area (Å²) in [6.45, 7) is 0.553. The Bertz CT molecular complexity index is 586. The molecule has 0 unspecified atom stereocenters. The summed E-state index contributed by atoms with van der Waals surface area (Å²) in [6.07, 6.45) is 6.85. The molecule has 6 heteroatoms. The Morgan fingerprint density at radius 2 is 2.25 bits per heavy atom. The minimum Gasteiger partial charge on any atom is -0.361 e. The number of hydrogen-bond donors (Lipinski definition) is 1. The Morgan fingerprint density at radius 3 is 3.12 bits per heavy atom. The van der Waals surface area contributed by atoms with Crippen molar-refractivity contribution >= 4 is 11.3 Å². The Kier molecular flexibility index (Phi) is 2.03. The zero-order valence-electron chi connectivity index (χ0n) is 8.37. The van der Waals surface area contributed by atoms with Crippen LogP contribution >= 0.6 is 0 Å². The lowest BCUT2D eigenvalue weighted by molar-refractivity contribution is 0.388. The standard InChI is InChI=1S/C10H9N5O/c1-4-14-16-8(1)7-12-10-9-2-3-13-15(9)6-5-11-10/h1-6H,7H2,(H,11,12). The van der Waals surface area contributed by atoms with Crippen LogP contribution in [-0.4, -0.2) is 19.8 Å². The summed E-state index contributed by atoms with van der Waals surface area (Å²) in [5.74, 6) is 1.54. The summed E-state index contributed by atoms with van der Waals surface area (Å²) in [7, 11) is 0. The SMILES string of the molecule is c1cc(CNc2nccn3nccc23)on1. The van der Waals surface area contributed by atoms with Crippen molar-refractivity contribution < 1.29 is 4.52 Å². The number of aromatic nitrogens is 4. The summed E-state index contributed by atoms with van der Waals surface area (Å²) in [5.41, 5.74) is 0.932. The number of fused-ring (bicyclic) bond motifs is 1. The molecule has 0 radical (unpaired) electrons. The molecule has 0 aromatic carbocycles.